The maximum absolute atomic E-state index is 13.5. The van der Waals surface area contributed by atoms with Crippen LogP contribution in [0, 0.1) is 13.8 Å². The summed E-state index contributed by atoms with van der Waals surface area (Å²) in [5, 5.41) is 3.86. The lowest BCUT2D eigenvalue weighted by Crippen LogP contribution is -2.42. The lowest BCUT2D eigenvalue weighted by molar-refractivity contribution is -0.122. The summed E-state index contributed by atoms with van der Waals surface area (Å²) in [6, 6.07) is 11.8. The number of hydrogen-bond donors (Lipinski definition) is 1. The van der Waals surface area contributed by atoms with E-state index in [-0.39, 0.29) is 12.0 Å². The molecule has 0 aromatic heterocycles. The van der Waals surface area contributed by atoms with Gasteiger partial charge in [-0.1, -0.05) is 49.1 Å². The number of halogens is 1. The summed E-state index contributed by atoms with van der Waals surface area (Å²) in [5.41, 5.74) is 3.25. The Morgan fingerprint density at radius 3 is 2.25 bits per heavy atom. The average molecular weight is 400 g/mol. The maximum Gasteiger partial charge on any atom is 0.235 e. The van der Waals surface area contributed by atoms with Crippen molar-refractivity contribution in [2.75, 3.05) is 5.32 Å². The first-order valence-corrected chi connectivity index (χ1v) is 10.6. The minimum atomic E-state index is -0.564. The van der Waals surface area contributed by atoms with Crippen LogP contribution in [0.4, 0.5) is 5.69 Å². The summed E-state index contributed by atoms with van der Waals surface area (Å²) in [6.07, 6.45) is 5.02. The highest BCUT2D eigenvalue weighted by Gasteiger charge is 2.42. The van der Waals surface area contributed by atoms with Crippen molar-refractivity contribution in [1.82, 2.24) is 0 Å². The fourth-order valence-electron chi connectivity index (χ4n) is 4.32. The van der Waals surface area contributed by atoms with E-state index >= 15 is 0 Å². The number of benzene rings is 2. The predicted octanol–water partition coefficient (Wildman–Crippen LogP) is 6.58. The number of amides is 1. The summed E-state index contributed by atoms with van der Waals surface area (Å²) in [4.78, 5) is 13.5. The molecular formula is C24H30ClNO2. The van der Waals surface area contributed by atoms with Crippen molar-refractivity contribution in [3.8, 4) is 5.75 Å². The quantitative estimate of drug-likeness (QED) is 0.616. The zero-order valence-corrected chi connectivity index (χ0v) is 18.0. The molecule has 1 amide bonds. The number of aryl methyl sites for hydroxylation is 2. The molecule has 0 heterocycles. The van der Waals surface area contributed by atoms with Gasteiger partial charge < -0.3 is 10.1 Å². The summed E-state index contributed by atoms with van der Waals surface area (Å²) >= 11 is 6.52. The third kappa shape index (κ3) is 4.20. The van der Waals surface area contributed by atoms with Crippen LogP contribution < -0.4 is 10.1 Å². The molecule has 3 nitrogen and oxygen atoms in total. The van der Waals surface area contributed by atoms with Gasteiger partial charge in [-0.05, 0) is 75.4 Å². The monoisotopic (exact) mass is 399 g/mol. The molecule has 2 aromatic rings. The second kappa shape index (κ2) is 8.57. The Hall–Kier alpha value is -2.00. The van der Waals surface area contributed by atoms with E-state index in [1.54, 1.807) is 0 Å². The Labute approximate surface area is 173 Å². The molecule has 2 aromatic carbocycles. The van der Waals surface area contributed by atoms with E-state index in [1.165, 1.54) is 6.42 Å². The zero-order chi connectivity index (χ0) is 20.3. The predicted molar refractivity (Wildman–Crippen MR) is 117 cm³/mol. The number of hydrogen-bond acceptors (Lipinski definition) is 2. The molecule has 4 heteroatoms. The SMILES string of the molecule is Cc1cc(NC(=O)C2(c3ccccc3Cl)CCCCC2)cc(C)c1OC(C)C. The van der Waals surface area contributed by atoms with Gasteiger partial charge in [0.25, 0.3) is 0 Å². The minimum Gasteiger partial charge on any atom is -0.490 e. The Balaban J connectivity index is 1.92. The molecule has 150 valence electrons. The van der Waals surface area contributed by atoms with E-state index in [0.29, 0.717) is 5.02 Å². The molecule has 3 rings (SSSR count). The van der Waals surface area contributed by atoms with Crippen molar-refractivity contribution in [3.05, 3.63) is 58.1 Å². The lowest BCUT2D eigenvalue weighted by atomic mass is 9.68. The average Bonchev–Trinajstić information content (AvgIpc) is 2.65. The number of nitrogens with one attached hydrogen (secondary N) is 1. The van der Waals surface area contributed by atoms with Crippen LogP contribution in [0.2, 0.25) is 5.02 Å². The Morgan fingerprint density at radius 2 is 1.68 bits per heavy atom. The van der Waals surface area contributed by atoms with Gasteiger partial charge >= 0.3 is 0 Å². The molecule has 0 saturated heterocycles. The molecule has 0 unspecified atom stereocenters. The zero-order valence-electron chi connectivity index (χ0n) is 17.3. The van der Waals surface area contributed by atoms with E-state index in [9.17, 15) is 4.79 Å². The van der Waals surface area contributed by atoms with Crippen LogP contribution in [0.15, 0.2) is 36.4 Å². The number of ether oxygens (including phenoxy) is 1. The highest BCUT2D eigenvalue weighted by atomic mass is 35.5. The van der Waals surface area contributed by atoms with Crippen LogP contribution in [0.5, 0.6) is 5.75 Å². The molecular weight excluding hydrogens is 370 g/mol. The fraction of sp³-hybridized carbons (Fsp3) is 0.458. The van der Waals surface area contributed by atoms with Crippen LogP contribution in [-0.4, -0.2) is 12.0 Å². The van der Waals surface area contributed by atoms with Gasteiger partial charge in [-0.25, -0.2) is 0 Å². The van der Waals surface area contributed by atoms with E-state index < -0.39 is 5.41 Å². The molecule has 1 aliphatic carbocycles. The van der Waals surface area contributed by atoms with Gasteiger partial charge in [-0.2, -0.15) is 0 Å². The van der Waals surface area contributed by atoms with E-state index in [2.05, 4.69) is 5.32 Å². The first kappa shape index (κ1) is 20.7. The molecule has 1 N–H and O–H groups in total. The smallest absolute Gasteiger partial charge is 0.235 e. The Kier molecular flexibility index (Phi) is 6.34. The lowest BCUT2D eigenvalue weighted by Gasteiger charge is -2.37. The standard InChI is InChI=1S/C24H30ClNO2/c1-16(2)28-22-17(3)14-19(15-18(22)4)26-23(27)24(12-8-5-9-13-24)20-10-6-7-11-21(20)25/h6-7,10-11,14-16H,5,8-9,12-13H2,1-4H3,(H,26,27). The van der Waals surface area contributed by atoms with Gasteiger partial charge in [0, 0.05) is 10.7 Å². The Bertz CT molecular complexity index is 830. The van der Waals surface area contributed by atoms with Crippen molar-refractivity contribution >= 4 is 23.2 Å². The largest absolute Gasteiger partial charge is 0.490 e. The second-order valence-electron chi connectivity index (χ2n) is 8.18. The fourth-order valence-corrected chi connectivity index (χ4v) is 4.63. The molecule has 0 radical (unpaired) electrons. The molecule has 1 saturated carbocycles. The summed E-state index contributed by atoms with van der Waals surface area (Å²) < 4.78 is 5.93. The van der Waals surface area contributed by atoms with E-state index in [1.807, 2.05) is 64.1 Å². The highest BCUT2D eigenvalue weighted by Crippen LogP contribution is 2.43. The van der Waals surface area contributed by atoms with Crippen molar-refractivity contribution in [3.63, 3.8) is 0 Å². The highest BCUT2D eigenvalue weighted by molar-refractivity contribution is 6.31. The van der Waals surface area contributed by atoms with E-state index in [4.69, 9.17) is 16.3 Å². The normalized spacial score (nSPS) is 16.1. The van der Waals surface area contributed by atoms with Crippen LogP contribution in [-0.2, 0) is 10.2 Å². The summed E-state index contributed by atoms with van der Waals surface area (Å²) in [5.74, 6) is 0.933. The molecule has 0 atom stereocenters. The van der Waals surface area contributed by atoms with Gasteiger partial charge in [-0.3, -0.25) is 4.79 Å². The maximum atomic E-state index is 13.5. The molecule has 0 aliphatic heterocycles. The minimum absolute atomic E-state index is 0.0385. The van der Waals surface area contributed by atoms with Crippen molar-refractivity contribution in [2.24, 2.45) is 0 Å². The summed E-state index contributed by atoms with van der Waals surface area (Å²) in [6.45, 7) is 8.08. The molecule has 28 heavy (non-hydrogen) atoms. The van der Waals surface area contributed by atoms with Crippen molar-refractivity contribution in [1.29, 1.82) is 0 Å². The van der Waals surface area contributed by atoms with Gasteiger partial charge in [-0.15, -0.1) is 0 Å². The Morgan fingerprint density at radius 1 is 1.07 bits per heavy atom. The van der Waals surface area contributed by atoms with Gasteiger partial charge in [0.05, 0.1) is 11.5 Å². The van der Waals surface area contributed by atoms with Crippen molar-refractivity contribution < 1.29 is 9.53 Å². The first-order chi connectivity index (χ1) is 13.3. The molecule has 1 fully saturated rings. The van der Waals surface area contributed by atoms with E-state index in [0.717, 1.165) is 53.8 Å². The third-order valence-electron chi connectivity index (χ3n) is 5.60. The molecule has 0 bridgehead atoms. The van der Waals surface area contributed by atoms with Crippen LogP contribution in [0.25, 0.3) is 0 Å². The number of carbonyl (C=O) groups excluding carboxylic acids is 1. The summed E-state index contributed by atoms with van der Waals surface area (Å²) in [7, 11) is 0. The number of anilines is 1. The number of rotatable bonds is 5. The van der Waals surface area contributed by atoms with Crippen LogP contribution >= 0.6 is 11.6 Å². The molecule has 0 spiro atoms. The van der Waals surface area contributed by atoms with Crippen LogP contribution in [0.1, 0.15) is 62.6 Å². The van der Waals surface area contributed by atoms with Gasteiger partial charge in [0.2, 0.25) is 5.91 Å². The topological polar surface area (TPSA) is 38.3 Å². The first-order valence-electron chi connectivity index (χ1n) is 10.2. The van der Waals surface area contributed by atoms with Gasteiger partial charge in [0.1, 0.15) is 5.75 Å². The van der Waals surface area contributed by atoms with Crippen molar-refractivity contribution in [2.45, 2.75) is 71.3 Å². The van der Waals surface area contributed by atoms with Crippen LogP contribution in [0.3, 0.4) is 0 Å². The third-order valence-corrected chi connectivity index (χ3v) is 5.93. The van der Waals surface area contributed by atoms with Gasteiger partial charge in [0.15, 0.2) is 0 Å². The second-order valence-corrected chi connectivity index (χ2v) is 8.59. The number of carbonyl (C=O) groups is 1. The molecule has 1 aliphatic rings.